The van der Waals surface area contributed by atoms with Crippen molar-refractivity contribution in [1.29, 1.82) is 0 Å². The smallest absolute Gasteiger partial charge is 0.250 e. The number of unbranched alkanes of at least 4 members (excludes halogenated alkanes) is 1. The fourth-order valence-electron chi connectivity index (χ4n) is 5.72. The zero-order chi connectivity index (χ0) is 35.9. The van der Waals surface area contributed by atoms with Gasteiger partial charge < -0.3 is 26.0 Å². The number of nitrogens with zero attached hydrogens (tertiary/aromatic N) is 4. The third-order valence-corrected chi connectivity index (χ3v) is 8.58. The van der Waals surface area contributed by atoms with Crippen LogP contribution in [0, 0.1) is 5.92 Å². The van der Waals surface area contributed by atoms with Gasteiger partial charge in [0, 0.05) is 18.7 Å². The Morgan fingerprint density at radius 2 is 1.82 bits per heavy atom. The Morgan fingerprint density at radius 1 is 1.06 bits per heavy atom. The van der Waals surface area contributed by atoms with E-state index >= 15 is 0 Å². The van der Waals surface area contributed by atoms with Crippen LogP contribution in [0.1, 0.15) is 56.5 Å². The number of carbonyl (C=O) groups excluding carboxylic acids is 4. The highest BCUT2D eigenvalue weighted by molar-refractivity contribution is 6.07. The van der Waals surface area contributed by atoms with E-state index in [1.54, 1.807) is 18.2 Å². The number of tetrazole rings is 1. The molecule has 4 amide bonds. The summed E-state index contributed by atoms with van der Waals surface area (Å²) < 4.78 is 5.39. The van der Waals surface area contributed by atoms with Crippen LogP contribution in [-0.4, -0.2) is 75.5 Å². The maximum absolute atomic E-state index is 14.6. The molecule has 3 aromatic rings. The number of hydrogen-bond acceptors (Lipinski definition) is 9. The van der Waals surface area contributed by atoms with E-state index in [2.05, 4.69) is 55.0 Å². The van der Waals surface area contributed by atoms with Gasteiger partial charge in [-0.2, -0.15) is 5.21 Å². The lowest BCUT2D eigenvalue weighted by molar-refractivity contribution is -0.133. The lowest BCUT2D eigenvalue weighted by Crippen LogP contribution is -2.58. The minimum absolute atomic E-state index is 0.0262. The van der Waals surface area contributed by atoms with Crippen molar-refractivity contribution in [3.05, 3.63) is 96.7 Å². The fourth-order valence-corrected chi connectivity index (χ4v) is 5.72. The van der Waals surface area contributed by atoms with Gasteiger partial charge in [-0.3, -0.25) is 24.1 Å². The second-order valence-electron chi connectivity index (χ2n) is 12.2. The second kappa shape index (κ2) is 18.9. The molecule has 0 aliphatic carbocycles. The van der Waals surface area contributed by atoms with Gasteiger partial charge >= 0.3 is 0 Å². The number of aromatic nitrogens is 4. The molecule has 1 aliphatic heterocycles. The molecule has 1 aliphatic rings. The summed E-state index contributed by atoms with van der Waals surface area (Å²) in [7, 11) is 0. The minimum Gasteiger partial charge on any atom is -0.476 e. The molecule has 0 saturated heterocycles. The third-order valence-electron chi connectivity index (χ3n) is 8.58. The average Bonchev–Trinajstić information content (AvgIpc) is 3.79. The van der Waals surface area contributed by atoms with Crippen LogP contribution in [0.5, 0.6) is 0 Å². The Labute approximate surface area is 292 Å². The van der Waals surface area contributed by atoms with E-state index < -0.39 is 35.8 Å². The summed E-state index contributed by atoms with van der Waals surface area (Å²) in [5.74, 6) is -1.08. The van der Waals surface area contributed by atoms with E-state index in [-0.39, 0.29) is 31.2 Å². The summed E-state index contributed by atoms with van der Waals surface area (Å²) >= 11 is 0. The molecule has 4 rings (SSSR count). The zero-order valence-electron chi connectivity index (χ0n) is 28.7. The lowest BCUT2D eigenvalue weighted by atomic mass is 9.97. The van der Waals surface area contributed by atoms with E-state index in [0.29, 0.717) is 56.2 Å². The fraction of sp³-hybridized carbons (Fsp3) is 0.417. The third kappa shape index (κ3) is 10.5. The molecule has 266 valence electrons. The summed E-state index contributed by atoms with van der Waals surface area (Å²) in [5, 5.41) is 25.4. The summed E-state index contributed by atoms with van der Waals surface area (Å²) in [6, 6.07) is 13.9. The van der Waals surface area contributed by atoms with Crippen LogP contribution in [0.3, 0.4) is 0 Å². The largest absolute Gasteiger partial charge is 0.476 e. The summed E-state index contributed by atoms with van der Waals surface area (Å²) in [6.07, 6.45) is 4.13. The summed E-state index contributed by atoms with van der Waals surface area (Å²) in [6.45, 7) is 12.2. The minimum atomic E-state index is -0.987. The maximum atomic E-state index is 14.6. The van der Waals surface area contributed by atoms with Crippen LogP contribution in [-0.2, 0) is 43.3 Å². The van der Waals surface area contributed by atoms with Gasteiger partial charge in [-0.05, 0) is 49.0 Å². The number of anilines is 1. The van der Waals surface area contributed by atoms with E-state index in [4.69, 9.17) is 4.74 Å². The van der Waals surface area contributed by atoms with Gasteiger partial charge in [0.05, 0.1) is 13.0 Å². The Kier molecular flexibility index (Phi) is 14.1. The van der Waals surface area contributed by atoms with Crippen molar-refractivity contribution in [2.45, 2.75) is 77.0 Å². The van der Waals surface area contributed by atoms with Gasteiger partial charge in [-0.15, -0.1) is 10.2 Å². The molecule has 2 aromatic carbocycles. The first-order valence-corrected chi connectivity index (χ1v) is 16.9. The van der Waals surface area contributed by atoms with Crippen molar-refractivity contribution < 1.29 is 23.9 Å². The number of nitrogens with one attached hydrogen (secondary N) is 5. The molecule has 4 atom stereocenters. The monoisotopic (exact) mass is 685 g/mol. The predicted molar refractivity (Wildman–Crippen MR) is 188 cm³/mol. The molecule has 5 N–H and O–H groups in total. The highest BCUT2D eigenvalue weighted by atomic mass is 16.5. The van der Waals surface area contributed by atoms with Gasteiger partial charge in [-0.25, -0.2) is 0 Å². The lowest BCUT2D eigenvalue weighted by Gasteiger charge is -2.31. The Hall–Kier alpha value is -5.53. The number of amides is 4. The molecule has 14 nitrogen and oxygen atoms in total. The van der Waals surface area contributed by atoms with Gasteiger partial charge in [0.2, 0.25) is 23.6 Å². The van der Waals surface area contributed by atoms with Crippen molar-refractivity contribution in [3.63, 3.8) is 0 Å². The van der Waals surface area contributed by atoms with Crippen molar-refractivity contribution in [1.82, 2.24) is 41.9 Å². The number of carbonyl (C=O) groups is 4. The number of para-hydroxylation sites is 1. The van der Waals surface area contributed by atoms with Crippen molar-refractivity contribution in [2.24, 2.45) is 5.92 Å². The Morgan fingerprint density at radius 3 is 2.54 bits per heavy atom. The number of aromatic amines is 1. The van der Waals surface area contributed by atoms with Crippen LogP contribution in [0.25, 0.3) is 0 Å². The van der Waals surface area contributed by atoms with E-state index in [1.807, 2.05) is 56.3 Å². The zero-order valence-corrected chi connectivity index (χ0v) is 28.7. The number of benzene rings is 2. The number of hydrogen-bond donors (Lipinski definition) is 5. The van der Waals surface area contributed by atoms with Gasteiger partial charge in [-0.1, -0.05) is 86.7 Å². The molecule has 0 unspecified atom stereocenters. The average molecular weight is 686 g/mol. The van der Waals surface area contributed by atoms with Gasteiger partial charge in [0.25, 0.3) is 0 Å². The highest BCUT2D eigenvalue weighted by Crippen LogP contribution is 2.33. The normalized spacial score (nSPS) is 15.2. The molecule has 14 heteroatoms. The second-order valence-corrected chi connectivity index (χ2v) is 12.2. The number of rotatable bonds is 20. The maximum Gasteiger partial charge on any atom is 0.250 e. The molecule has 2 heterocycles. The summed E-state index contributed by atoms with van der Waals surface area (Å²) in [5.41, 5.74) is 2.26. The van der Waals surface area contributed by atoms with Crippen LogP contribution >= 0.6 is 0 Å². The van der Waals surface area contributed by atoms with E-state index in [9.17, 15) is 19.2 Å². The van der Waals surface area contributed by atoms with E-state index in [0.717, 1.165) is 11.1 Å². The molecule has 50 heavy (non-hydrogen) atoms. The molecule has 0 fully saturated rings. The van der Waals surface area contributed by atoms with Crippen molar-refractivity contribution in [3.8, 4) is 0 Å². The molecular weight excluding hydrogens is 638 g/mol. The topological polar surface area (TPSA) is 183 Å². The number of fused-ring (bicyclic) bond motifs is 1. The van der Waals surface area contributed by atoms with Crippen LogP contribution < -0.4 is 26.2 Å². The van der Waals surface area contributed by atoms with Crippen molar-refractivity contribution >= 4 is 29.3 Å². The first-order valence-electron chi connectivity index (χ1n) is 16.9. The van der Waals surface area contributed by atoms with Gasteiger partial charge in [0.1, 0.15) is 24.7 Å². The van der Waals surface area contributed by atoms with Crippen LogP contribution in [0.15, 0.2) is 79.7 Å². The predicted octanol–water partition coefficient (Wildman–Crippen LogP) is 2.47. The van der Waals surface area contributed by atoms with Crippen LogP contribution in [0.2, 0.25) is 0 Å². The standard InChI is InChI=1S/C36H47N9O5/c1-5-20-50-25(4)37-19-13-12-17-28(39-35(48)33(24(3)6-2)40-32(46)21-26-14-8-7-9-15-26)36(49)45-29-18-11-10-16-27(29)22-30(45)34(47)38-23-31-41-43-44-42-31/h5,7-11,14-16,18,24,28,30,33,37H,1,4,6,12-13,17,19-23H2,2-3H3,(H,38,47)(H,39,48)(H,40,46)(H,41,42,43,44)/t24-,28-,30-,33-/m0/s1. The molecule has 0 bridgehead atoms. The Bertz CT molecular complexity index is 1600. The first-order chi connectivity index (χ1) is 24.2. The highest BCUT2D eigenvalue weighted by Gasteiger charge is 2.41. The molecule has 0 saturated carbocycles. The molecular formula is C36H47N9O5. The number of H-pyrrole nitrogens is 1. The van der Waals surface area contributed by atoms with Crippen LogP contribution in [0.4, 0.5) is 5.69 Å². The van der Waals surface area contributed by atoms with E-state index in [1.165, 1.54) is 4.90 Å². The SMILES string of the molecule is C=CCOC(=C)NCCCC[C@H](NC(=O)[C@@H](NC(=O)Cc1ccccc1)[C@@H](C)CC)C(=O)N1c2ccccc2C[C@H]1C(=O)NCc1nn[nH]n1. The van der Waals surface area contributed by atoms with Gasteiger partial charge in [0.15, 0.2) is 11.7 Å². The molecule has 1 aromatic heterocycles. The molecule has 0 spiro atoms. The molecule has 0 radical (unpaired) electrons. The first kappa shape index (κ1) is 37.3. The number of ether oxygens (including phenoxy) is 1. The quantitative estimate of drug-likeness (QED) is 0.0678. The Balaban J connectivity index is 1.53. The summed E-state index contributed by atoms with van der Waals surface area (Å²) in [4.78, 5) is 56.7. The van der Waals surface area contributed by atoms with Crippen molar-refractivity contribution in [2.75, 3.05) is 18.1 Å².